The average Bonchev–Trinajstić information content (AvgIpc) is 3.37. The first-order valence-electron chi connectivity index (χ1n) is 27.8. The van der Waals surface area contributed by atoms with Gasteiger partial charge >= 0.3 is 0 Å². The van der Waals surface area contributed by atoms with Crippen LogP contribution < -0.4 is 37.9 Å². The van der Waals surface area contributed by atoms with Crippen molar-refractivity contribution >= 4 is 136 Å². The lowest BCUT2D eigenvalue weighted by atomic mass is 10.0. The highest BCUT2D eigenvalue weighted by Crippen LogP contribution is 2.60. The summed E-state index contributed by atoms with van der Waals surface area (Å²) in [5, 5.41) is 2.74. The molecule has 8 bridgehead atoms. The molecule has 446 valence electrons. The molecule has 4 aliphatic rings. The van der Waals surface area contributed by atoms with Crippen molar-refractivity contribution in [1.82, 2.24) is 19.9 Å². The Labute approximate surface area is 524 Å². The Hall–Kier alpha value is -4.92. The van der Waals surface area contributed by atoms with Gasteiger partial charge in [0.25, 0.3) is 0 Å². The van der Waals surface area contributed by atoms with Crippen LogP contribution in [0.2, 0.25) is 40.2 Å². The van der Waals surface area contributed by atoms with E-state index in [0.717, 1.165) is 0 Å². The van der Waals surface area contributed by atoms with E-state index in [0.29, 0.717) is 114 Å². The molecule has 0 unspecified atom stereocenters. The maximum absolute atomic E-state index is 7.38. The van der Waals surface area contributed by atoms with Gasteiger partial charge in [-0.15, -0.1) is 0 Å². The van der Waals surface area contributed by atoms with Crippen LogP contribution in [-0.4, -0.2) is 126 Å². The lowest BCUT2D eigenvalue weighted by molar-refractivity contribution is 0.0276. The summed E-state index contributed by atoms with van der Waals surface area (Å²) >= 11 is 59.0. The van der Waals surface area contributed by atoms with Crippen molar-refractivity contribution in [2.24, 2.45) is 0 Å². The van der Waals surface area contributed by atoms with Crippen LogP contribution in [0.1, 0.15) is 53.4 Å². The normalized spacial score (nSPS) is 14.9. The third-order valence-electron chi connectivity index (χ3n) is 13.9. The Morgan fingerprint density at radius 3 is 0.929 bits per heavy atom. The second-order valence-corrected chi connectivity index (χ2v) is 22.7. The third kappa shape index (κ3) is 11.5. The van der Waals surface area contributed by atoms with Gasteiger partial charge in [0.1, 0.15) is 113 Å². The van der Waals surface area contributed by atoms with Crippen LogP contribution in [0.15, 0.2) is 24.3 Å². The molecule has 3 aromatic heterocycles. The molecule has 0 aliphatic carbocycles. The van der Waals surface area contributed by atoms with E-state index in [2.05, 4.69) is 9.97 Å². The molecular weight excluding hydrogens is 1250 g/mol. The number of benzene rings is 4. The van der Waals surface area contributed by atoms with E-state index in [1.54, 1.807) is 0 Å². The maximum Gasteiger partial charge on any atom is 0.149 e. The summed E-state index contributed by atoms with van der Waals surface area (Å²) in [4.78, 5) is 18.4. The van der Waals surface area contributed by atoms with Gasteiger partial charge in [-0.2, -0.15) is 0 Å². The highest BCUT2D eigenvalue weighted by Gasteiger charge is 2.36. The molecule has 24 heteroatoms. The highest BCUT2D eigenvalue weighted by atomic mass is 35.5. The van der Waals surface area contributed by atoms with Gasteiger partial charge in [-0.25, -0.2) is 9.97 Å². The maximum atomic E-state index is 7.38. The molecule has 84 heavy (non-hydrogen) atoms. The molecule has 7 aromatic rings. The summed E-state index contributed by atoms with van der Waals surface area (Å²) in [6.07, 6.45) is 2.52. The van der Waals surface area contributed by atoms with E-state index in [4.69, 9.17) is 160 Å². The molecule has 0 spiro atoms. The number of nitrogens with zero attached hydrogens (tertiary/aromatic N) is 2. The largest absolute Gasteiger partial charge is 0.491 e. The number of aromatic nitrogens is 4. The van der Waals surface area contributed by atoms with Gasteiger partial charge < -0.3 is 66.8 Å². The second kappa shape index (κ2) is 27.0. The van der Waals surface area contributed by atoms with Crippen LogP contribution in [0.25, 0.3) is 88.6 Å². The second-order valence-electron chi connectivity index (χ2n) is 19.6. The Morgan fingerprint density at radius 2 is 0.595 bits per heavy atom. The third-order valence-corrected chi connectivity index (χ3v) is 17.1. The van der Waals surface area contributed by atoms with E-state index in [1.807, 2.05) is 52.0 Å². The highest BCUT2D eigenvalue weighted by molar-refractivity contribution is 6.48. The first-order chi connectivity index (χ1) is 40.9. The van der Waals surface area contributed by atoms with E-state index >= 15 is 0 Å². The number of fused-ring (bicyclic) bond motifs is 8. The van der Waals surface area contributed by atoms with Gasteiger partial charge in [0.05, 0.1) is 168 Å². The molecule has 4 aromatic carbocycles. The predicted octanol–water partition coefficient (Wildman–Crippen LogP) is 17.3. The molecule has 0 fully saturated rings. The zero-order valence-corrected chi connectivity index (χ0v) is 52.3. The van der Waals surface area contributed by atoms with Crippen molar-refractivity contribution in [3.05, 3.63) is 64.4 Å². The number of halogens is 8. The van der Waals surface area contributed by atoms with E-state index < -0.39 is 0 Å². The fourth-order valence-corrected chi connectivity index (χ4v) is 12.2. The summed E-state index contributed by atoms with van der Waals surface area (Å²) in [5.41, 5.74) is 5.13. The molecule has 16 nitrogen and oxygen atoms in total. The minimum Gasteiger partial charge on any atom is -0.491 e. The van der Waals surface area contributed by atoms with Crippen LogP contribution >= 0.6 is 92.8 Å². The number of hydrogen-bond acceptors (Lipinski definition) is 14. The zero-order valence-electron chi connectivity index (χ0n) is 46.3. The van der Waals surface area contributed by atoms with Crippen LogP contribution in [0.5, 0.6) is 46.0 Å². The molecule has 11 rings (SSSR count). The van der Waals surface area contributed by atoms with E-state index in [9.17, 15) is 0 Å². The van der Waals surface area contributed by atoms with Crippen LogP contribution in [0.3, 0.4) is 0 Å². The number of nitrogens with one attached hydrogen (secondary N) is 2. The van der Waals surface area contributed by atoms with Gasteiger partial charge in [-0.05, 0) is 49.9 Å². The Bertz CT molecular complexity index is 3610. The van der Waals surface area contributed by atoms with E-state index in [-0.39, 0.29) is 192 Å². The van der Waals surface area contributed by atoms with Crippen molar-refractivity contribution in [1.29, 1.82) is 0 Å². The number of aromatic amines is 2. The summed E-state index contributed by atoms with van der Waals surface area (Å²) in [6.45, 7) is 11.1. The molecule has 4 aliphatic heterocycles. The van der Waals surface area contributed by atoms with E-state index in [1.165, 1.54) is 0 Å². The topological polar surface area (TPSA) is 168 Å². The molecule has 0 saturated heterocycles. The van der Waals surface area contributed by atoms with Crippen molar-refractivity contribution < 1.29 is 56.8 Å². The number of rotatable bonds is 12. The van der Waals surface area contributed by atoms with Crippen LogP contribution in [0.4, 0.5) is 0 Å². The average molecular weight is 1310 g/mol. The van der Waals surface area contributed by atoms with Crippen LogP contribution in [0, 0.1) is 0 Å². The van der Waals surface area contributed by atoms with Gasteiger partial charge in [0.15, 0.2) is 0 Å². The molecule has 0 amide bonds. The molecule has 2 N–H and O–H groups in total. The number of ether oxygens (including phenoxy) is 12. The Kier molecular flexibility index (Phi) is 19.5. The summed E-state index contributed by atoms with van der Waals surface area (Å²) < 4.78 is 77.0. The van der Waals surface area contributed by atoms with Gasteiger partial charge in [0.2, 0.25) is 0 Å². The van der Waals surface area contributed by atoms with Crippen molar-refractivity contribution in [3.63, 3.8) is 0 Å². The van der Waals surface area contributed by atoms with Crippen molar-refractivity contribution in [2.45, 2.75) is 53.4 Å². The lowest BCUT2D eigenvalue weighted by Crippen LogP contribution is -2.14. The van der Waals surface area contributed by atoms with Crippen LogP contribution in [-0.2, 0) is 18.9 Å². The standard InChI is InChI=1S/C60H58Cl8N4O12/c1-5-9-77-53-37-29-25-30-38-43-35(70-30)28-36-44-40(56(80-12-8-4)48(64)52(68)60(44)84-24-20-76-16-15-75-19-23-83-59(43)50(66)46(62)54(38)78-10-6-2)32(72-36)26-31-39-42-34(71-31)27-33(69-29)41(37)57(49(65)45(53)61)81-21-17-73-13-14-74-18-22-82-58(42)51(67)47(63)55(39)79-11-7-3/h25-28,69,72H,5-24H2,1-4H3. The summed E-state index contributed by atoms with van der Waals surface area (Å²) in [6, 6.07) is 7.40. The summed E-state index contributed by atoms with van der Waals surface area (Å²) in [7, 11) is 0. The predicted molar refractivity (Wildman–Crippen MR) is 333 cm³/mol. The monoisotopic (exact) mass is 1310 g/mol. The summed E-state index contributed by atoms with van der Waals surface area (Å²) in [5.74, 6) is 1.98. The first kappa shape index (κ1) is 60.8. The van der Waals surface area contributed by atoms with Crippen molar-refractivity contribution in [2.75, 3.05) is 106 Å². The smallest absolute Gasteiger partial charge is 0.149 e. The molecule has 0 saturated carbocycles. The Balaban J connectivity index is 1.42. The Morgan fingerprint density at radius 1 is 0.333 bits per heavy atom. The molecule has 0 radical (unpaired) electrons. The van der Waals surface area contributed by atoms with Gasteiger partial charge in [-0.1, -0.05) is 121 Å². The molecule has 7 heterocycles. The minimum atomic E-state index is 0.0712. The molecule has 0 atom stereocenters. The van der Waals surface area contributed by atoms with Crippen molar-refractivity contribution in [3.8, 4) is 91.0 Å². The number of hydrogen-bond donors (Lipinski definition) is 2. The fraction of sp³-hybridized carbons (Fsp3) is 0.400. The van der Waals surface area contributed by atoms with Gasteiger partial charge in [-0.3, -0.25) is 0 Å². The minimum absolute atomic E-state index is 0.0712. The van der Waals surface area contributed by atoms with Gasteiger partial charge in [0, 0.05) is 0 Å². The first-order valence-corrected chi connectivity index (χ1v) is 30.8. The SMILES string of the molecule is CCCOc1c(Cl)c(Cl)c2c3c1-c1cc4[nH]c5cc6nc(cc7[nH]c(cc-3n1)c1c(c(Cl)c(Cl)c(OCCC)c71)OCCOCCOCCO2)-c1c(OCCC)c(Cl)c(Cl)c(c1-6)OCCOCCOCCOc1c(Cl)c(Cl)c(OCCC)c4c15. The quantitative estimate of drug-likeness (QED) is 0.119. The number of H-pyrrole nitrogens is 2. The molecular formula is C60H58Cl8N4O12. The zero-order chi connectivity index (χ0) is 58.8. The fourth-order valence-electron chi connectivity index (χ4n) is 10.4. The lowest BCUT2D eigenvalue weighted by Gasteiger charge is -2.19.